The van der Waals surface area contributed by atoms with Gasteiger partial charge in [0.1, 0.15) is 5.82 Å². The van der Waals surface area contributed by atoms with Crippen LogP contribution < -0.4 is 5.73 Å². The molecule has 4 nitrogen and oxygen atoms in total. The van der Waals surface area contributed by atoms with E-state index >= 15 is 0 Å². The summed E-state index contributed by atoms with van der Waals surface area (Å²) in [7, 11) is 0. The zero-order chi connectivity index (χ0) is 12.5. The van der Waals surface area contributed by atoms with Gasteiger partial charge in [0.05, 0.1) is 18.2 Å². The van der Waals surface area contributed by atoms with Gasteiger partial charge in [-0.3, -0.25) is 0 Å². The van der Waals surface area contributed by atoms with E-state index in [4.69, 9.17) is 5.73 Å². The van der Waals surface area contributed by atoms with Crippen molar-refractivity contribution in [2.75, 3.05) is 5.73 Å². The lowest BCUT2D eigenvalue weighted by atomic mass is 10.1. The molecule has 2 heterocycles. The van der Waals surface area contributed by atoms with Crippen molar-refractivity contribution in [2.24, 2.45) is 5.92 Å². The topological polar surface area (TPSA) is 56.7 Å². The first kappa shape index (κ1) is 11.3. The van der Waals surface area contributed by atoms with Crippen LogP contribution in [0.3, 0.4) is 0 Å². The smallest absolute Gasteiger partial charge is 0.123 e. The number of hydrogen-bond donors (Lipinski definition) is 1. The average Bonchev–Trinajstić information content (AvgIpc) is 2.98. The van der Waals surface area contributed by atoms with Gasteiger partial charge in [0.25, 0.3) is 0 Å². The summed E-state index contributed by atoms with van der Waals surface area (Å²) in [5, 5.41) is 0. The van der Waals surface area contributed by atoms with Gasteiger partial charge in [0.2, 0.25) is 0 Å². The number of pyridine rings is 1. The molecule has 1 fully saturated rings. The van der Waals surface area contributed by atoms with Crippen LogP contribution in [0.4, 0.5) is 5.82 Å². The summed E-state index contributed by atoms with van der Waals surface area (Å²) in [6, 6.07) is 4.42. The summed E-state index contributed by atoms with van der Waals surface area (Å²) in [5.74, 6) is 1.28. The summed E-state index contributed by atoms with van der Waals surface area (Å²) in [4.78, 5) is 8.46. The highest BCUT2D eigenvalue weighted by molar-refractivity contribution is 5.59. The normalized spacial score (nSPS) is 23.4. The molecule has 1 saturated carbocycles. The lowest BCUT2D eigenvalue weighted by Gasteiger charge is -2.20. The van der Waals surface area contributed by atoms with Crippen molar-refractivity contribution in [1.82, 2.24) is 14.5 Å². The van der Waals surface area contributed by atoms with Gasteiger partial charge in [0.15, 0.2) is 0 Å². The van der Waals surface area contributed by atoms with Crippen molar-refractivity contribution >= 4 is 5.82 Å². The van der Waals surface area contributed by atoms with Gasteiger partial charge >= 0.3 is 0 Å². The summed E-state index contributed by atoms with van der Waals surface area (Å²) < 4.78 is 2.30. The lowest BCUT2D eigenvalue weighted by Crippen LogP contribution is -2.11. The first-order chi connectivity index (χ1) is 8.75. The van der Waals surface area contributed by atoms with Crippen LogP contribution in [0, 0.1) is 5.92 Å². The number of nitrogens with zero attached hydrogens (tertiary/aromatic N) is 3. The summed E-state index contributed by atoms with van der Waals surface area (Å²) >= 11 is 0. The molecule has 2 atom stereocenters. The first-order valence-electron chi connectivity index (χ1n) is 6.49. The fourth-order valence-electron chi connectivity index (χ4n) is 2.89. The van der Waals surface area contributed by atoms with Gasteiger partial charge in [0, 0.05) is 17.8 Å². The molecule has 0 amide bonds. The van der Waals surface area contributed by atoms with E-state index in [2.05, 4.69) is 21.5 Å². The number of nitrogens with two attached hydrogens (primary N) is 1. The number of hydrogen-bond acceptors (Lipinski definition) is 3. The molecule has 0 bridgehead atoms. The van der Waals surface area contributed by atoms with Crippen LogP contribution in [0.2, 0.25) is 0 Å². The van der Waals surface area contributed by atoms with Crippen LogP contribution in [0.1, 0.15) is 32.2 Å². The molecule has 0 saturated heterocycles. The SMILES string of the molecule is CC1CCCC1n1cncc1-c1ccc(N)nc1. The van der Waals surface area contributed by atoms with E-state index in [1.807, 2.05) is 30.9 Å². The third-order valence-electron chi connectivity index (χ3n) is 3.92. The molecular formula is C14H18N4. The Bertz CT molecular complexity index is 529. The van der Waals surface area contributed by atoms with Crippen LogP contribution >= 0.6 is 0 Å². The maximum absolute atomic E-state index is 5.63. The number of rotatable bonds is 2. The Kier molecular flexibility index (Phi) is 2.78. The van der Waals surface area contributed by atoms with Crippen LogP contribution in [-0.2, 0) is 0 Å². The molecule has 1 aliphatic rings. The second-order valence-electron chi connectivity index (χ2n) is 5.13. The molecule has 3 rings (SSSR count). The second kappa shape index (κ2) is 4.44. The Morgan fingerprint density at radius 1 is 1.28 bits per heavy atom. The van der Waals surface area contributed by atoms with Crippen LogP contribution in [0.5, 0.6) is 0 Å². The number of aromatic nitrogens is 3. The molecule has 1 aliphatic carbocycles. The molecule has 18 heavy (non-hydrogen) atoms. The van der Waals surface area contributed by atoms with E-state index in [-0.39, 0.29) is 0 Å². The Morgan fingerprint density at radius 2 is 2.17 bits per heavy atom. The van der Waals surface area contributed by atoms with E-state index in [0.717, 1.165) is 17.2 Å². The number of anilines is 1. The molecule has 2 unspecified atom stereocenters. The molecular weight excluding hydrogens is 224 g/mol. The lowest BCUT2D eigenvalue weighted by molar-refractivity contribution is 0.410. The van der Waals surface area contributed by atoms with E-state index in [0.29, 0.717) is 11.9 Å². The predicted molar refractivity (Wildman–Crippen MR) is 71.9 cm³/mol. The van der Waals surface area contributed by atoms with Crippen LogP contribution in [-0.4, -0.2) is 14.5 Å². The third kappa shape index (κ3) is 1.88. The molecule has 0 aliphatic heterocycles. The van der Waals surface area contributed by atoms with Crippen LogP contribution in [0.25, 0.3) is 11.3 Å². The number of imidazole rings is 1. The van der Waals surface area contributed by atoms with E-state index < -0.39 is 0 Å². The quantitative estimate of drug-likeness (QED) is 0.881. The molecule has 94 valence electrons. The van der Waals surface area contributed by atoms with Gasteiger partial charge in [-0.1, -0.05) is 13.3 Å². The fourth-order valence-corrected chi connectivity index (χ4v) is 2.89. The van der Waals surface area contributed by atoms with Gasteiger partial charge in [-0.25, -0.2) is 9.97 Å². The van der Waals surface area contributed by atoms with Crippen molar-refractivity contribution in [3.8, 4) is 11.3 Å². The molecule has 0 radical (unpaired) electrons. The molecule has 2 aromatic heterocycles. The fraction of sp³-hybridized carbons (Fsp3) is 0.429. The van der Waals surface area contributed by atoms with Crippen molar-refractivity contribution in [3.05, 3.63) is 30.9 Å². The minimum atomic E-state index is 0.555. The standard InChI is InChI=1S/C14H18N4/c1-10-3-2-4-12(10)18-9-16-8-13(18)11-5-6-14(15)17-7-11/h5-10,12H,2-4H2,1H3,(H2,15,17). The molecule has 2 N–H and O–H groups in total. The van der Waals surface area contributed by atoms with Gasteiger partial charge < -0.3 is 10.3 Å². The van der Waals surface area contributed by atoms with Gasteiger partial charge in [-0.15, -0.1) is 0 Å². The third-order valence-corrected chi connectivity index (χ3v) is 3.92. The molecule has 2 aromatic rings. The minimum absolute atomic E-state index is 0.555. The van der Waals surface area contributed by atoms with Crippen molar-refractivity contribution in [2.45, 2.75) is 32.2 Å². The number of nitrogen functional groups attached to an aromatic ring is 1. The van der Waals surface area contributed by atoms with Gasteiger partial charge in [-0.05, 0) is 30.9 Å². The van der Waals surface area contributed by atoms with Gasteiger partial charge in [-0.2, -0.15) is 0 Å². The molecule has 0 aromatic carbocycles. The largest absolute Gasteiger partial charge is 0.384 e. The molecule has 0 spiro atoms. The highest BCUT2D eigenvalue weighted by atomic mass is 15.1. The average molecular weight is 242 g/mol. The van der Waals surface area contributed by atoms with E-state index in [1.54, 1.807) is 0 Å². The van der Waals surface area contributed by atoms with Crippen LogP contribution in [0.15, 0.2) is 30.9 Å². The second-order valence-corrected chi connectivity index (χ2v) is 5.13. The van der Waals surface area contributed by atoms with Crippen molar-refractivity contribution < 1.29 is 0 Å². The monoisotopic (exact) mass is 242 g/mol. The first-order valence-corrected chi connectivity index (χ1v) is 6.49. The Hall–Kier alpha value is -1.84. The summed E-state index contributed by atoms with van der Waals surface area (Å²) in [6.07, 6.45) is 9.54. The highest BCUT2D eigenvalue weighted by Gasteiger charge is 2.26. The Labute approximate surface area is 107 Å². The Morgan fingerprint density at radius 3 is 2.83 bits per heavy atom. The molecule has 4 heteroatoms. The minimum Gasteiger partial charge on any atom is -0.384 e. The van der Waals surface area contributed by atoms with Crippen molar-refractivity contribution in [3.63, 3.8) is 0 Å². The van der Waals surface area contributed by atoms with Crippen molar-refractivity contribution in [1.29, 1.82) is 0 Å². The van der Waals surface area contributed by atoms with E-state index in [9.17, 15) is 0 Å². The Balaban J connectivity index is 1.98. The maximum atomic E-state index is 5.63. The zero-order valence-electron chi connectivity index (χ0n) is 10.6. The predicted octanol–water partition coefficient (Wildman–Crippen LogP) is 2.89. The summed E-state index contributed by atoms with van der Waals surface area (Å²) in [5.41, 5.74) is 7.85. The summed E-state index contributed by atoms with van der Waals surface area (Å²) in [6.45, 7) is 2.32. The zero-order valence-corrected chi connectivity index (χ0v) is 10.6. The maximum Gasteiger partial charge on any atom is 0.123 e. The van der Waals surface area contributed by atoms with E-state index in [1.165, 1.54) is 19.3 Å². The highest BCUT2D eigenvalue weighted by Crippen LogP contribution is 2.37.